The number of halogens is 2. The fraction of sp³-hybridized carbons (Fsp3) is 0.0968. The maximum atomic E-state index is 3.06. The summed E-state index contributed by atoms with van der Waals surface area (Å²) in [7, 11) is 0. The zero-order chi connectivity index (χ0) is 23.3. The summed E-state index contributed by atoms with van der Waals surface area (Å²) in [6.45, 7) is 5.30. The van der Waals surface area contributed by atoms with Gasteiger partial charge in [-0.1, -0.05) is 19.1 Å². The molecular weight excluding hydrogens is 618 g/mol. The Labute approximate surface area is 255 Å². The second-order valence-electron chi connectivity index (χ2n) is 7.79. The first-order valence-corrected chi connectivity index (χ1v) is 15.4. The standard InChI is InChI=1S/C17H16.C9H7.C5H5.2ClH.Fe.Si.Zr/c1-13-15(11-10-14-6-2-3-7-14)12-16-8-4-5-9-17(13)16;1-2-5-9-7-3-6-8(9)4-1;1-2-4-5-3-1;;;;;/h2-9,12H,10-11H2,1H3;1-7H;1-5H;2*1H;;;/q-2;2*-1;;;+2;;+2/p-2. The van der Waals surface area contributed by atoms with E-state index in [4.69, 9.17) is 0 Å². The monoisotopic (exact) mass is 644 g/mol. The van der Waals surface area contributed by atoms with Gasteiger partial charge in [0, 0.05) is 0 Å². The Balaban J connectivity index is 0.000000546. The van der Waals surface area contributed by atoms with Crippen molar-refractivity contribution in [2.75, 3.05) is 0 Å². The molecule has 0 amide bonds. The molecule has 6 aromatic carbocycles. The van der Waals surface area contributed by atoms with Gasteiger partial charge in [-0.25, -0.2) is 24.3 Å². The van der Waals surface area contributed by atoms with Gasteiger partial charge in [-0.3, -0.25) is 0 Å². The SMILES string of the molecule is Cc1c(CCc2ccc[cH-]2)[cH-]c2ccccc12.[Cl-].[Cl-].[Fe+2].[Si]=[Zr+2].c1cc[cH-]c1.c1ccc2[cH-]ccc2c1. The predicted molar refractivity (Wildman–Crippen MR) is 141 cm³/mol. The Bertz CT molecular complexity index is 1270. The molecule has 0 aliphatic carbocycles. The van der Waals surface area contributed by atoms with Gasteiger partial charge in [-0.2, -0.15) is 59.0 Å². The van der Waals surface area contributed by atoms with Crippen molar-refractivity contribution in [3.63, 3.8) is 0 Å². The summed E-state index contributed by atoms with van der Waals surface area (Å²) in [5.74, 6) is 0. The van der Waals surface area contributed by atoms with Crippen LogP contribution in [0.3, 0.4) is 0 Å². The summed E-state index contributed by atoms with van der Waals surface area (Å²) < 4.78 is 0. The van der Waals surface area contributed by atoms with Gasteiger partial charge in [-0.05, 0) is 12.8 Å². The molecule has 0 saturated heterocycles. The van der Waals surface area contributed by atoms with Gasteiger partial charge in [0.2, 0.25) is 0 Å². The molecule has 184 valence electrons. The molecule has 0 unspecified atom stereocenters. The fourth-order valence-electron chi connectivity index (χ4n) is 3.94. The van der Waals surface area contributed by atoms with E-state index in [1.54, 1.807) is 0 Å². The quantitative estimate of drug-likeness (QED) is 0.204. The van der Waals surface area contributed by atoms with Crippen molar-refractivity contribution in [2.45, 2.75) is 19.8 Å². The Morgan fingerprint density at radius 1 is 0.667 bits per heavy atom. The Morgan fingerprint density at radius 2 is 1.33 bits per heavy atom. The molecule has 0 atom stereocenters. The van der Waals surface area contributed by atoms with Crippen LogP contribution in [0.25, 0.3) is 21.5 Å². The number of rotatable bonds is 3. The van der Waals surface area contributed by atoms with E-state index in [-0.39, 0.29) is 41.9 Å². The molecule has 6 rings (SSSR count). The minimum Gasteiger partial charge on any atom is -0.214 e. The van der Waals surface area contributed by atoms with Gasteiger partial charge in [0.15, 0.2) is 0 Å². The van der Waals surface area contributed by atoms with E-state index in [2.05, 4.69) is 111 Å². The Kier molecular flexibility index (Phi) is 18.9. The van der Waals surface area contributed by atoms with E-state index in [1.807, 2.05) is 30.3 Å². The van der Waals surface area contributed by atoms with Crippen molar-refractivity contribution in [1.29, 1.82) is 0 Å². The molecule has 6 aromatic rings. The largest absolute Gasteiger partial charge is 0.214 e. The molecule has 0 saturated carbocycles. The number of aryl methyl sites for hydroxylation is 3. The predicted octanol–water partition coefficient (Wildman–Crippen LogP) is 1.96. The van der Waals surface area contributed by atoms with Gasteiger partial charge >= 0.3 is 47.3 Å². The summed E-state index contributed by atoms with van der Waals surface area (Å²) in [5, 5.41) is 5.45. The van der Waals surface area contributed by atoms with Crippen molar-refractivity contribution in [1.82, 2.24) is 0 Å². The fourth-order valence-corrected chi connectivity index (χ4v) is 3.94. The van der Waals surface area contributed by atoms with Crippen LogP contribution in [0.1, 0.15) is 16.7 Å². The van der Waals surface area contributed by atoms with Crippen molar-refractivity contribution in [3.05, 3.63) is 144 Å². The summed E-state index contributed by atoms with van der Waals surface area (Å²) in [4.78, 5) is 0. The maximum Gasteiger partial charge on any atom is -0.0809 e. The van der Waals surface area contributed by atoms with Crippen LogP contribution in [0.15, 0.2) is 127 Å². The first-order chi connectivity index (χ1) is 16.3. The maximum absolute atomic E-state index is 3.06. The van der Waals surface area contributed by atoms with E-state index in [0.29, 0.717) is 0 Å². The Hall–Kier alpha value is -1.44. The zero-order valence-electron chi connectivity index (χ0n) is 20.1. The number of fused-ring (bicyclic) bond motifs is 2. The molecule has 36 heavy (non-hydrogen) atoms. The third kappa shape index (κ3) is 10.5. The molecule has 0 aromatic heterocycles. The van der Waals surface area contributed by atoms with Gasteiger partial charge in [0.25, 0.3) is 0 Å². The van der Waals surface area contributed by atoms with Gasteiger partial charge in [-0.15, -0.1) is 70.3 Å². The van der Waals surface area contributed by atoms with Crippen LogP contribution in [0.5, 0.6) is 0 Å². The van der Waals surface area contributed by atoms with E-state index in [9.17, 15) is 0 Å². The second kappa shape index (κ2) is 19.6. The van der Waals surface area contributed by atoms with E-state index in [0.717, 1.165) is 12.8 Å². The topological polar surface area (TPSA) is 0 Å². The average molecular weight is 647 g/mol. The summed E-state index contributed by atoms with van der Waals surface area (Å²) in [6, 6.07) is 44.3. The summed E-state index contributed by atoms with van der Waals surface area (Å²) in [5.41, 5.74) is 4.38. The van der Waals surface area contributed by atoms with Crippen molar-refractivity contribution in [3.8, 4) is 0 Å². The van der Waals surface area contributed by atoms with E-state index < -0.39 is 0 Å². The molecule has 0 heterocycles. The summed E-state index contributed by atoms with van der Waals surface area (Å²) >= 11 is 1.36. The molecular formula is C31H28Cl2FeSiZr-2. The van der Waals surface area contributed by atoms with Crippen molar-refractivity contribution < 1.29 is 65.2 Å². The Morgan fingerprint density at radius 3 is 1.92 bits per heavy atom. The molecule has 2 radical (unpaired) electrons. The van der Waals surface area contributed by atoms with Crippen LogP contribution < -0.4 is 24.8 Å². The van der Waals surface area contributed by atoms with Crippen LogP contribution in [0.4, 0.5) is 0 Å². The third-order valence-electron chi connectivity index (χ3n) is 5.69. The van der Waals surface area contributed by atoms with Crippen LogP contribution in [-0.4, -0.2) is 6.88 Å². The molecule has 0 nitrogen and oxygen atoms in total. The van der Waals surface area contributed by atoms with E-state index >= 15 is 0 Å². The number of hydrogen-bond donors (Lipinski definition) is 0. The van der Waals surface area contributed by atoms with Crippen molar-refractivity contribution in [2.24, 2.45) is 0 Å². The van der Waals surface area contributed by atoms with Crippen molar-refractivity contribution >= 4 is 28.4 Å². The molecule has 0 bridgehead atoms. The third-order valence-corrected chi connectivity index (χ3v) is 5.69. The number of benzene rings is 2. The van der Waals surface area contributed by atoms with Crippen LogP contribution in [0, 0.1) is 6.92 Å². The molecule has 0 fully saturated rings. The average Bonchev–Trinajstić information content (AvgIpc) is 3.69. The van der Waals surface area contributed by atoms with Crippen LogP contribution in [0.2, 0.25) is 0 Å². The van der Waals surface area contributed by atoms with Gasteiger partial charge < -0.3 is 24.8 Å². The first-order valence-electron chi connectivity index (χ1n) is 11.2. The molecule has 0 aliphatic rings. The van der Waals surface area contributed by atoms with Gasteiger partial charge in [0.1, 0.15) is 0 Å². The molecule has 5 heteroatoms. The molecule has 0 N–H and O–H groups in total. The normalized spacial score (nSPS) is 9.08. The smallest absolute Gasteiger partial charge is 0.0809 e. The minimum absolute atomic E-state index is 0. The zero-order valence-corrected chi connectivity index (χ0v) is 26.2. The molecule has 0 spiro atoms. The minimum atomic E-state index is 0. The number of hydrogen-bond acceptors (Lipinski definition) is 0. The van der Waals surface area contributed by atoms with Gasteiger partial charge in [0.05, 0.1) is 0 Å². The van der Waals surface area contributed by atoms with E-state index in [1.165, 1.54) is 61.6 Å². The first kappa shape index (κ1) is 34.6. The summed E-state index contributed by atoms with van der Waals surface area (Å²) in [6.07, 6.45) is 2.29. The van der Waals surface area contributed by atoms with Crippen LogP contribution in [-0.2, 0) is 53.2 Å². The van der Waals surface area contributed by atoms with Crippen LogP contribution >= 0.6 is 0 Å². The molecule has 0 aliphatic heterocycles. The second-order valence-corrected chi connectivity index (χ2v) is 7.79.